The van der Waals surface area contributed by atoms with Gasteiger partial charge >= 0.3 is 11.9 Å². The molecule has 2 bridgehead atoms. The van der Waals surface area contributed by atoms with E-state index in [-0.39, 0.29) is 47.8 Å². The van der Waals surface area contributed by atoms with Gasteiger partial charge in [0.1, 0.15) is 12.2 Å². The maximum Gasteiger partial charge on any atom is 0.310 e. The van der Waals surface area contributed by atoms with E-state index in [1.165, 1.54) is 16.3 Å². The van der Waals surface area contributed by atoms with E-state index in [9.17, 15) is 9.59 Å². The fourth-order valence-electron chi connectivity index (χ4n) is 5.85. The predicted molar refractivity (Wildman–Crippen MR) is 89.6 cm³/mol. The molecular weight excluding hydrogens is 316 g/mol. The molecule has 3 fully saturated rings. The van der Waals surface area contributed by atoms with Crippen LogP contribution in [0.25, 0.3) is 10.8 Å². The molecule has 2 saturated carbocycles. The smallest absolute Gasteiger partial charge is 0.310 e. The first kappa shape index (κ1) is 13.9. The van der Waals surface area contributed by atoms with Crippen LogP contribution in [-0.2, 0) is 25.5 Å². The van der Waals surface area contributed by atoms with Crippen LogP contribution in [0.4, 0.5) is 0 Å². The Morgan fingerprint density at radius 2 is 1.96 bits per heavy atom. The summed E-state index contributed by atoms with van der Waals surface area (Å²) in [4.78, 5) is 25.1. The van der Waals surface area contributed by atoms with E-state index in [1.54, 1.807) is 0 Å². The molecule has 6 unspecified atom stereocenters. The van der Waals surface area contributed by atoms with Crippen molar-refractivity contribution in [1.82, 2.24) is 0 Å². The summed E-state index contributed by atoms with van der Waals surface area (Å²) in [5.74, 6) is -0.480. The molecule has 0 spiro atoms. The van der Waals surface area contributed by atoms with Crippen molar-refractivity contribution in [1.29, 1.82) is 0 Å². The average molecular weight is 334 g/mol. The first-order chi connectivity index (χ1) is 12.2. The van der Waals surface area contributed by atoms with E-state index in [4.69, 9.17) is 9.47 Å². The van der Waals surface area contributed by atoms with E-state index in [2.05, 4.69) is 30.3 Å². The van der Waals surface area contributed by atoms with Crippen molar-refractivity contribution in [3.63, 3.8) is 0 Å². The van der Waals surface area contributed by atoms with Crippen molar-refractivity contribution in [2.24, 2.45) is 23.7 Å². The highest BCUT2D eigenvalue weighted by Gasteiger charge is 2.64. The van der Waals surface area contributed by atoms with Gasteiger partial charge < -0.3 is 9.47 Å². The quantitative estimate of drug-likeness (QED) is 0.792. The largest absolute Gasteiger partial charge is 0.462 e. The number of carbonyl (C=O) groups is 2. The van der Waals surface area contributed by atoms with E-state index in [0.717, 1.165) is 24.8 Å². The molecule has 1 aliphatic heterocycles. The van der Waals surface area contributed by atoms with Crippen molar-refractivity contribution in [2.45, 2.75) is 31.5 Å². The Labute approximate surface area is 145 Å². The molecule has 6 rings (SSSR count). The molecule has 0 aromatic heterocycles. The van der Waals surface area contributed by atoms with Gasteiger partial charge in [0.25, 0.3) is 0 Å². The molecule has 4 heteroatoms. The molecule has 1 heterocycles. The lowest BCUT2D eigenvalue weighted by Gasteiger charge is -2.24. The number of hydrogen-bond donors (Lipinski definition) is 0. The van der Waals surface area contributed by atoms with Crippen LogP contribution in [0.15, 0.2) is 36.4 Å². The lowest BCUT2D eigenvalue weighted by atomic mass is 9.80. The molecular formula is C21H18O4. The lowest BCUT2D eigenvalue weighted by molar-refractivity contribution is -0.160. The maximum absolute atomic E-state index is 13.0. The number of carbonyl (C=O) groups excluding carboxylic acids is 2. The first-order valence-corrected chi connectivity index (χ1v) is 9.12. The maximum atomic E-state index is 13.0. The monoisotopic (exact) mass is 334 g/mol. The summed E-state index contributed by atoms with van der Waals surface area (Å²) in [5, 5.41) is 2.41. The Morgan fingerprint density at radius 1 is 1.12 bits per heavy atom. The number of ether oxygens (including phenoxy) is 2. The molecule has 126 valence electrons. The number of rotatable bonds is 2. The zero-order chi connectivity index (χ0) is 16.7. The van der Waals surface area contributed by atoms with Gasteiger partial charge in [0.2, 0.25) is 0 Å². The van der Waals surface area contributed by atoms with Crippen molar-refractivity contribution >= 4 is 22.7 Å². The first-order valence-electron chi connectivity index (χ1n) is 9.12. The van der Waals surface area contributed by atoms with E-state index in [0.29, 0.717) is 0 Å². The molecule has 4 aliphatic rings. The van der Waals surface area contributed by atoms with Crippen LogP contribution < -0.4 is 0 Å². The third-order valence-electron chi connectivity index (χ3n) is 6.79. The molecule has 0 N–H and O–H groups in total. The van der Waals surface area contributed by atoms with Crippen LogP contribution in [0.1, 0.15) is 30.1 Å². The number of esters is 2. The van der Waals surface area contributed by atoms with Gasteiger partial charge in [-0.2, -0.15) is 0 Å². The van der Waals surface area contributed by atoms with Crippen LogP contribution in [0.2, 0.25) is 0 Å². The summed E-state index contributed by atoms with van der Waals surface area (Å²) in [7, 11) is 0. The molecule has 2 aromatic rings. The van der Waals surface area contributed by atoms with E-state index >= 15 is 0 Å². The second kappa shape index (κ2) is 4.63. The Balaban J connectivity index is 1.31. The lowest BCUT2D eigenvalue weighted by Crippen LogP contribution is -2.34. The highest BCUT2D eigenvalue weighted by molar-refractivity contribution is 5.92. The van der Waals surface area contributed by atoms with E-state index in [1.807, 2.05) is 6.07 Å². The molecule has 2 aromatic carbocycles. The van der Waals surface area contributed by atoms with Crippen molar-refractivity contribution in [2.75, 3.05) is 0 Å². The molecule has 0 radical (unpaired) electrons. The Hall–Kier alpha value is -2.36. The van der Waals surface area contributed by atoms with Gasteiger partial charge in [0.05, 0.1) is 11.8 Å². The molecule has 3 aliphatic carbocycles. The van der Waals surface area contributed by atoms with Crippen LogP contribution in [0.3, 0.4) is 0 Å². The highest BCUT2D eigenvalue weighted by atomic mass is 16.6. The van der Waals surface area contributed by atoms with Crippen LogP contribution in [0.5, 0.6) is 0 Å². The molecule has 1 saturated heterocycles. The Kier molecular flexibility index (Phi) is 2.57. The van der Waals surface area contributed by atoms with Gasteiger partial charge in [-0.3, -0.25) is 9.59 Å². The minimum atomic E-state index is -0.306. The van der Waals surface area contributed by atoms with Gasteiger partial charge in [-0.15, -0.1) is 0 Å². The third-order valence-corrected chi connectivity index (χ3v) is 6.79. The fraction of sp³-hybridized carbons (Fsp3) is 0.429. The van der Waals surface area contributed by atoms with Crippen molar-refractivity contribution in [3.05, 3.63) is 47.5 Å². The number of benzene rings is 2. The Morgan fingerprint density at radius 3 is 2.84 bits per heavy atom. The molecule has 6 atom stereocenters. The highest BCUT2D eigenvalue weighted by Crippen LogP contribution is 2.58. The summed E-state index contributed by atoms with van der Waals surface area (Å²) < 4.78 is 11.4. The summed E-state index contributed by atoms with van der Waals surface area (Å²) in [6.07, 6.45) is 2.30. The molecule has 4 nitrogen and oxygen atoms in total. The normalized spacial score (nSPS) is 36.9. The van der Waals surface area contributed by atoms with E-state index < -0.39 is 0 Å². The third kappa shape index (κ3) is 1.72. The summed E-state index contributed by atoms with van der Waals surface area (Å²) in [6, 6.07) is 12.4. The second-order valence-corrected chi connectivity index (χ2v) is 7.91. The standard InChI is InChI=1S/C21H18O4/c22-20(18-12-7-14-16(9-12)25-21(23)19(14)18)24-15-8-11-5-1-3-10-4-2-6-13(15)17(10)11/h1-6,12,14-16,18-19H,7-9H2. The SMILES string of the molecule is O=C(OC1Cc2cccc3cccc1c23)C1C2CC3OC(=O)C1C3C2. The second-order valence-electron chi connectivity index (χ2n) is 7.91. The minimum absolute atomic E-state index is 0.0519. The molecule has 25 heavy (non-hydrogen) atoms. The van der Waals surface area contributed by atoms with Gasteiger partial charge in [-0.1, -0.05) is 36.4 Å². The number of fused-ring (bicyclic) bond motifs is 1. The zero-order valence-electron chi connectivity index (χ0n) is 13.7. The summed E-state index contributed by atoms with van der Waals surface area (Å²) in [5.41, 5.74) is 2.33. The average Bonchev–Trinajstić information content (AvgIpc) is 3.30. The zero-order valence-corrected chi connectivity index (χ0v) is 13.7. The summed E-state index contributed by atoms with van der Waals surface area (Å²) in [6.45, 7) is 0. The van der Waals surface area contributed by atoms with Crippen molar-refractivity contribution in [3.8, 4) is 0 Å². The Bertz CT molecular complexity index is 925. The topological polar surface area (TPSA) is 52.6 Å². The summed E-state index contributed by atoms with van der Waals surface area (Å²) >= 11 is 0. The van der Waals surface area contributed by atoms with Crippen LogP contribution >= 0.6 is 0 Å². The predicted octanol–water partition coefficient (Wildman–Crippen LogP) is 3.18. The fourth-order valence-corrected chi connectivity index (χ4v) is 5.85. The van der Waals surface area contributed by atoms with Crippen LogP contribution in [0, 0.1) is 23.7 Å². The van der Waals surface area contributed by atoms with Gasteiger partial charge in [0, 0.05) is 17.9 Å². The van der Waals surface area contributed by atoms with Crippen LogP contribution in [-0.4, -0.2) is 18.0 Å². The van der Waals surface area contributed by atoms with Crippen molar-refractivity contribution < 1.29 is 19.1 Å². The minimum Gasteiger partial charge on any atom is -0.462 e. The molecule has 0 amide bonds. The van der Waals surface area contributed by atoms with Gasteiger partial charge in [0.15, 0.2) is 0 Å². The number of hydrogen-bond acceptors (Lipinski definition) is 4. The van der Waals surface area contributed by atoms with Gasteiger partial charge in [-0.25, -0.2) is 0 Å². The van der Waals surface area contributed by atoms with Gasteiger partial charge in [-0.05, 0) is 35.1 Å².